The first kappa shape index (κ1) is 29.3. The number of hydrogen-bond donors (Lipinski definition) is 0. The molecule has 55 heavy (non-hydrogen) atoms. The standard InChI is InChI=1S/C54H31N/c1-5-14-40-32(10-1)20-22-36-28-38(24-26-42(36)40)50-44-16-7-3-12-34(44)30-48-52(50)46-18-9-19-47-53-49(55(48)54(46)47)31-35-13-4-8-17-45(35)51(53)39-25-27-43-37(29-39)23-21-33-11-2-6-15-41(33)43/h1-31H. The van der Waals surface area contributed by atoms with Crippen LogP contribution in [-0.2, 0) is 0 Å². The van der Waals surface area contributed by atoms with Crippen LogP contribution in [0.5, 0.6) is 0 Å². The maximum Gasteiger partial charge on any atom is 0.0620 e. The number of benzene rings is 11. The number of nitrogens with zero attached hydrogens (tertiary/aromatic N) is 1. The third-order valence-electron chi connectivity index (χ3n) is 12.4. The molecule has 13 aromatic rings. The molecular weight excluding hydrogens is 663 g/mol. The normalized spacial score (nSPS) is 12.4. The smallest absolute Gasteiger partial charge is 0.0620 e. The highest BCUT2D eigenvalue weighted by atomic mass is 14.9. The van der Waals surface area contributed by atoms with E-state index in [1.54, 1.807) is 0 Å². The van der Waals surface area contributed by atoms with E-state index in [-0.39, 0.29) is 0 Å². The van der Waals surface area contributed by atoms with Gasteiger partial charge in [-0.3, -0.25) is 0 Å². The van der Waals surface area contributed by atoms with E-state index >= 15 is 0 Å². The predicted molar refractivity (Wildman–Crippen MR) is 237 cm³/mol. The Kier molecular flexibility index (Phi) is 5.69. The van der Waals surface area contributed by atoms with Crippen LogP contribution >= 0.6 is 0 Å². The Bertz CT molecular complexity index is 3530. The summed E-state index contributed by atoms with van der Waals surface area (Å²) in [6.07, 6.45) is 0. The molecule has 0 radical (unpaired) electrons. The molecule has 0 aliphatic heterocycles. The van der Waals surface area contributed by atoms with Crippen LogP contribution in [0.1, 0.15) is 0 Å². The SMILES string of the molecule is c1ccc2c(-c3ccc4c(ccc5ccccc54)c3)c3c4cccc5c6c(-c7ccc8c(ccc9ccccc98)c7)c7ccccc7cc6n(c3cc2c1)c45. The molecule has 0 saturated heterocycles. The molecule has 13 rings (SSSR count). The van der Waals surface area contributed by atoms with Crippen molar-refractivity contribution in [1.82, 2.24) is 4.40 Å². The Hall–Kier alpha value is -7.22. The molecule has 2 heterocycles. The molecule has 1 heteroatoms. The van der Waals surface area contributed by atoms with Crippen LogP contribution in [0.2, 0.25) is 0 Å². The van der Waals surface area contributed by atoms with Gasteiger partial charge in [-0.25, -0.2) is 0 Å². The summed E-state index contributed by atoms with van der Waals surface area (Å²) in [5, 5.41) is 20.5. The van der Waals surface area contributed by atoms with E-state index in [2.05, 4.69) is 192 Å². The Morgan fingerprint density at radius 3 is 1.11 bits per heavy atom. The van der Waals surface area contributed by atoms with Crippen molar-refractivity contribution in [3.8, 4) is 22.3 Å². The number of fused-ring (bicyclic) bond motifs is 14. The highest BCUT2D eigenvalue weighted by Gasteiger charge is 2.25. The van der Waals surface area contributed by atoms with Gasteiger partial charge in [-0.15, -0.1) is 0 Å². The first-order valence-corrected chi connectivity index (χ1v) is 19.2. The van der Waals surface area contributed by atoms with Crippen LogP contribution in [0, 0.1) is 0 Å². The number of aromatic nitrogens is 1. The van der Waals surface area contributed by atoms with Crippen LogP contribution < -0.4 is 0 Å². The van der Waals surface area contributed by atoms with E-state index in [4.69, 9.17) is 0 Å². The van der Waals surface area contributed by atoms with Crippen LogP contribution in [0.3, 0.4) is 0 Å². The third kappa shape index (κ3) is 3.92. The first-order valence-electron chi connectivity index (χ1n) is 19.2. The van der Waals surface area contributed by atoms with Gasteiger partial charge in [-0.1, -0.05) is 164 Å². The summed E-state index contributed by atoms with van der Waals surface area (Å²) in [6.45, 7) is 0. The minimum absolute atomic E-state index is 1.25. The molecule has 0 saturated carbocycles. The first-order chi connectivity index (χ1) is 27.3. The number of para-hydroxylation sites is 1. The molecule has 0 bridgehead atoms. The maximum absolute atomic E-state index is 2.57. The summed E-state index contributed by atoms with van der Waals surface area (Å²) in [7, 11) is 0. The molecule has 0 fully saturated rings. The van der Waals surface area contributed by atoms with Gasteiger partial charge >= 0.3 is 0 Å². The molecule has 0 aliphatic rings. The zero-order chi connectivity index (χ0) is 35.8. The molecule has 0 N–H and O–H groups in total. The van der Waals surface area contributed by atoms with Gasteiger partial charge < -0.3 is 4.40 Å². The van der Waals surface area contributed by atoms with Gasteiger partial charge in [0.1, 0.15) is 0 Å². The van der Waals surface area contributed by atoms with Gasteiger partial charge in [-0.2, -0.15) is 0 Å². The molecule has 0 aliphatic carbocycles. The molecule has 0 spiro atoms. The Morgan fingerprint density at radius 1 is 0.255 bits per heavy atom. The zero-order valence-corrected chi connectivity index (χ0v) is 29.8. The van der Waals surface area contributed by atoms with Gasteiger partial charge in [-0.05, 0) is 111 Å². The van der Waals surface area contributed by atoms with Crippen molar-refractivity contribution in [2.45, 2.75) is 0 Å². The van der Waals surface area contributed by atoms with Gasteiger partial charge in [0.15, 0.2) is 0 Å². The monoisotopic (exact) mass is 693 g/mol. The lowest BCUT2D eigenvalue weighted by Gasteiger charge is -2.14. The summed E-state index contributed by atoms with van der Waals surface area (Å²) in [4.78, 5) is 0. The van der Waals surface area contributed by atoms with Crippen molar-refractivity contribution >= 4 is 103 Å². The Balaban J connectivity index is 1.16. The van der Waals surface area contributed by atoms with Gasteiger partial charge in [0.2, 0.25) is 0 Å². The fourth-order valence-corrected chi connectivity index (χ4v) is 10.1. The lowest BCUT2D eigenvalue weighted by atomic mass is 9.89. The summed E-state index contributed by atoms with van der Waals surface area (Å²) >= 11 is 0. The van der Waals surface area contributed by atoms with Crippen molar-refractivity contribution in [3.63, 3.8) is 0 Å². The van der Waals surface area contributed by atoms with Crippen molar-refractivity contribution in [2.75, 3.05) is 0 Å². The van der Waals surface area contributed by atoms with Gasteiger partial charge in [0.25, 0.3) is 0 Å². The molecular formula is C54H31N. The third-order valence-corrected chi connectivity index (χ3v) is 12.4. The summed E-state index contributed by atoms with van der Waals surface area (Å²) in [5.41, 5.74) is 8.89. The summed E-state index contributed by atoms with van der Waals surface area (Å²) in [6, 6.07) is 70.3. The molecule has 0 unspecified atom stereocenters. The number of hydrogen-bond acceptors (Lipinski definition) is 0. The highest BCUT2D eigenvalue weighted by molar-refractivity contribution is 6.33. The van der Waals surface area contributed by atoms with Crippen LogP contribution in [0.15, 0.2) is 188 Å². The lowest BCUT2D eigenvalue weighted by molar-refractivity contribution is 1.38. The maximum atomic E-state index is 2.57. The van der Waals surface area contributed by atoms with Crippen LogP contribution in [0.4, 0.5) is 0 Å². The minimum Gasteiger partial charge on any atom is -0.308 e. The summed E-state index contributed by atoms with van der Waals surface area (Å²) < 4.78 is 2.57. The quantitative estimate of drug-likeness (QED) is 0.159. The van der Waals surface area contributed by atoms with E-state index in [0.29, 0.717) is 0 Å². The minimum atomic E-state index is 1.25. The van der Waals surface area contributed by atoms with Crippen molar-refractivity contribution in [1.29, 1.82) is 0 Å². The summed E-state index contributed by atoms with van der Waals surface area (Å²) in [5.74, 6) is 0. The second kappa shape index (κ2) is 10.7. The van der Waals surface area contributed by atoms with Crippen molar-refractivity contribution in [3.05, 3.63) is 188 Å². The molecule has 0 atom stereocenters. The molecule has 11 aromatic carbocycles. The molecule has 252 valence electrons. The molecule has 0 amide bonds. The Labute approximate surface area is 316 Å². The van der Waals surface area contributed by atoms with E-state index < -0.39 is 0 Å². The average molecular weight is 694 g/mol. The number of rotatable bonds is 2. The van der Waals surface area contributed by atoms with Crippen LogP contribution in [-0.4, -0.2) is 4.40 Å². The van der Waals surface area contributed by atoms with Gasteiger partial charge in [0, 0.05) is 21.5 Å². The second-order valence-electron chi connectivity index (χ2n) is 15.2. The topological polar surface area (TPSA) is 4.41 Å². The van der Waals surface area contributed by atoms with Crippen molar-refractivity contribution in [2.24, 2.45) is 0 Å². The van der Waals surface area contributed by atoms with Crippen LogP contribution in [0.25, 0.3) is 125 Å². The van der Waals surface area contributed by atoms with Gasteiger partial charge in [0.05, 0.1) is 16.6 Å². The highest BCUT2D eigenvalue weighted by Crippen LogP contribution is 2.49. The zero-order valence-electron chi connectivity index (χ0n) is 29.8. The van der Waals surface area contributed by atoms with E-state index in [1.807, 2.05) is 0 Å². The molecule has 1 nitrogen and oxygen atoms in total. The fourth-order valence-electron chi connectivity index (χ4n) is 10.1. The van der Waals surface area contributed by atoms with E-state index in [0.717, 1.165) is 0 Å². The second-order valence-corrected chi connectivity index (χ2v) is 15.2. The predicted octanol–water partition coefficient (Wildman–Crippen LogP) is 15.1. The van der Waals surface area contributed by atoms with E-state index in [1.165, 1.54) is 125 Å². The average Bonchev–Trinajstić information content (AvgIpc) is 3.76. The largest absolute Gasteiger partial charge is 0.308 e. The Morgan fingerprint density at radius 2 is 0.618 bits per heavy atom. The lowest BCUT2D eigenvalue weighted by Crippen LogP contribution is -1.89. The van der Waals surface area contributed by atoms with Crippen molar-refractivity contribution < 1.29 is 0 Å². The fraction of sp³-hybridized carbons (Fsp3) is 0. The van der Waals surface area contributed by atoms with E-state index in [9.17, 15) is 0 Å². The molecule has 2 aromatic heterocycles.